The zero-order valence-corrected chi connectivity index (χ0v) is 12.8. The Kier molecular flexibility index (Phi) is 4.96. The third-order valence-electron chi connectivity index (χ3n) is 3.49. The molecule has 0 aliphatic carbocycles. The lowest BCUT2D eigenvalue weighted by Crippen LogP contribution is -2.49. The normalized spacial score (nSPS) is 22.0. The SMILES string of the molecule is CC(=O)c1cccc(NCC(=O)N2CC(C)OC(C)C2)c1. The fraction of sp³-hybridized carbons (Fsp3) is 0.500. The monoisotopic (exact) mass is 290 g/mol. The molecule has 21 heavy (non-hydrogen) atoms. The maximum atomic E-state index is 12.2. The number of ether oxygens (including phenoxy) is 1. The first-order valence-corrected chi connectivity index (χ1v) is 7.24. The lowest BCUT2D eigenvalue weighted by atomic mass is 10.1. The molecule has 0 radical (unpaired) electrons. The summed E-state index contributed by atoms with van der Waals surface area (Å²) in [6.07, 6.45) is 0.137. The second kappa shape index (κ2) is 6.72. The Bertz CT molecular complexity index is 520. The average Bonchev–Trinajstić information content (AvgIpc) is 2.44. The summed E-state index contributed by atoms with van der Waals surface area (Å²) in [5, 5.41) is 3.08. The Morgan fingerprint density at radius 1 is 1.29 bits per heavy atom. The Morgan fingerprint density at radius 2 is 1.95 bits per heavy atom. The van der Waals surface area contributed by atoms with Crippen LogP contribution in [0.5, 0.6) is 0 Å². The molecule has 2 rings (SSSR count). The Morgan fingerprint density at radius 3 is 2.57 bits per heavy atom. The van der Waals surface area contributed by atoms with Gasteiger partial charge in [0.1, 0.15) is 0 Å². The number of ketones is 1. The number of carbonyl (C=O) groups is 2. The lowest BCUT2D eigenvalue weighted by Gasteiger charge is -2.35. The van der Waals surface area contributed by atoms with Crippen LogP contribution in [0.4, 0.5) is 5.69 Å². The van der Waals surface area contributed by atoms with Gasteiger partial charge in [-0.15, -0.1) is 0 Å². The van der Waals surface area contributed by atoms with Crippen LogP contribution in [0.2, 0.25) is 0 Å². The summed E-state index contributed by atoms with van der Waals surface area (Å²) in [5.74, 6) is 0.0611. The van der Waals surface area contributed by atoms with Crippen molar-refractivity contribution in [2.24, 2.45) is 0 Å². The van der Waals surface area contributed by atoms with E-state index >= 15 is 0 Å². The highest BCUT2D eigenvalue weighted by Crippen LogP contribution is 2.13. The van der Waals surface area contributed by atoms with Crippen LogP contribution in [0, 0.1) is 0 Å². The molecule has 2 atom stereocenters. The number of rotatable bonds is 4. The molecule has 1 fully saturated rings. The standard InChI is InChI=1S/C16H22N2O3/c1-11-9-18(10-12(2)21-11)16(20)8-17-15-6-4-5-14(7-15)13(3)19/h4-7,11-12,17H,8-10H2,1-3H3. The molecule has 1 aliphatic heterocycles. The minimum absolute atomic E-state index is 0.0146. The van der Waals surface area contributed by atoms with Crippen molar-refractivity contribution in [1.29, 1.82) is 0 Å². The van der Waals surface area contributed by atoms with Crippen molar-refractivity contribution in [2.45, 2.75) is 33.0 Å². The van der Waals surface area contributed by atoms with E-state index in [1.54, 1.807) is 12.1 Å². The highest BCUT2D eigenvalue weighted by Gasteiger charge is 2.25. The Balaban J connectivity index is 1.92. The largest absolute Gasteiger partial charge is 0.376 e. The van der Waals surface area contributed by atoms with Gasteiger partial charge in [-0.1, -0.05) is 12.1 Å². The molecular formula is C16H22N2O3. The molecule has 5 heteroatoms. The van der Waals surface area contributed by atoms with E-state index in [-0.39, 0.29) is 30.4 Å². The van der Waals surface area contributed by atoms with E-state index in [0.29, 0.717) is 18.7 Å². The molecule has 1 saturated heterocycles. The molecule has 1 amide bonds. The van der Waals surface area contributed by atoms with Gasteiger partial charge >= 0.3 is 0 Å². The smallest absolute Gasteiger partial charge is 0.242 e. The third kappa shape index (κ3) is 4.29. The quantitative estimate of drug-likeness (QED) is 0.861. The van der Waals surface area contributed by atoms with Crippen molar-refractivity contribution < 1.29 is 14.3 Å². The third-order valence-corrected chi connectivity index (χ3v) is 3.49. The van der Waals surface area contributed by atoms with Crippen LogP contribution in [0.1, 0.15) is 31.1 Å². The topological polar surface area (TPSA) is 58.6 Å². The van der Waals surface area contributed by atoms with Crippen molar-refractivity contribution >= 4 is 17.4 Å². The van der Waals surface area contributed by atoms with E-state index in [1.807, 2.05) is 30.9 Å². The summed E-state index contributed by atoms with van der Waals surface area (Å²) in [4.78, 5) is 25.4. The van der Waals surface area contributed by atoms with Crippen LogP contribution in [-0.4, -0.2) is 48.4 Å². The number of hydrogen-bond donors (Lipinski definition) is 1. The number of hydrogen-bond acceptors (Lipinski definition) is 4. The number of nitrogens with zero attached hydrogens (tertiary/aromatic N) is 1. The van der Waals surface area contributed by atoms with Gasteiger partial charge in [-0.3, -0.25) is 9.59 Å². The first-order chi connectivity index (χ1) is 9.95. The molecular weight excluding hydrogens is 268 g/mol. The molecule has 0 aromatic heterocycles. The first-order valence-electron chi connectivity index (χ1n) is 7.24. The van der Waals surface area contributed by atoms with Crippen molar-refractivity contribution in [3.63, 3.8) is 0 Å². The zero-order valence-electron chi connectivity index (χ0n) is 12.8. The van der Waals surface area contributed by atoms with Crippen LogP contribution in [0.25, 0.3) is 0 Å². The molecule has 1 aromatic carbocycles. The van der Waals surface area contributed by atoms with Crippen LogP contribution >= 0.6 is 0 Å². The second-order valence-electron chi connectivity index (χ2n) is 5.55. The molecule has 1 aliphatic rings. The summed E-state index contributed by atoms with van der Waals surface area (Å²) >= 11 is 0. The number of nitrogens with one attached hydrogen (secondary N) is 1. The summed E-state index contributed by atoms with van der Waals surface area (Å²) in [6, 6.07) is 7.19. The number of anilines is 1. The van der Waals surface area contributed by atoms with E-state index in [2.05, 4.69) is 5.32 Å². The Labute approximate surface area is 125 Å². The van der Waals surface area contributed by atoms with E-state index in [0.717, 1.165) is 5.69 Å². The molecule has 5 nitrogen and oxygen atoms in total. The van der Waals surface area contributed by atoms with Gasteiger partial charge in [-0.25, -0.2) is 0 Å². The van der Waals surface area contributed by atoms with Crippen molar-refractivity contribution in [3.8, 4) is 0 Å². The van der Waals surface area contributed by atoms with E-state index in [9.17, 15) is 9.59 Å². The number of Topliss-reactive ketones (excluding diaryl/α,β-unsaturated/α-hetero) is 1. The molecule has 2 unspecified atom stereocenters. The number of amides is 1. The van der Waals surface area contributed by atoms with E-state index in [1.165, 1.54) is 6.92 Å². The van der Waals surface area contributed by atoms with E-state index in [4.69, 9.17) is 4.74 Å². The van der Waals surface area contributed by atoms with Gasteiger partial charge in [-0.2, -0.15) is 0 Å². The molecule has 0 saturated carbocycles. The number of benzene rings is 1. The van der Waals surface area contributed by atoms with Gasteiger partial charge in [0.25, 0.3) is 0 Å². The molecule has 1 aromatic rings. The first kappa shape index (κ1) is 15.5. The maximum absolute atomic E-state index is 12.2. The van der Waals surface area contributed by atoms with Crippen molar-refractivity contribution in [3.05, 3.63) is 29.8 Å². The average molecular weight is 290 g/mol. The van der Waals surface area contributed by atoms with Gasteiger partial charge in [0.15, 0.2) is 5.78 Å². The van der Waals surface area contributed by atoms with Gasteiger partial charge < -0.3 is 15.0 Å². The molecule has 1 N–H and O–H groups in total. The van der Waals surface area contributed by atoms with Gasteiger partial charge in [0.05, 0.1) is 18.8 Å². The molecule has 0 spiro atoms. The second-order valence-corrected chi connectivity index (χ2v) is 5.55. The van der Waals surface area contributed by atoms with Crippen LogP contribution in [0.15, 0.2) is 24.3 Å². The van der Waals surface area contributed by atoms with Crippen LogP contribution in [-0.2, 0) is 9.53 Å². The molecule has 114 valence electrons. The number of carbonyl (C=O) groups excluding carboxylic acids is 2. The van der Waals surface area contributed by atoms with Crippen LogP contribution in [0.3, 0.4) is 0 Å². The summed E-state index contributed by atoms with van der Waals surface area (Å²) in [7, 11) is 0. The zero-order chi connectivity index (χ0) is 15.4. The van der Waals surface area contributed by atoms with E-state index < -0.39 is 0 Å². The lowest BCUT2D eigenvalue weighted by molar-refractivity contribution is -0.141. The molecule has 0 bridgehead atoms. The van der Waals surface area contributed by atoms with Crippen molar-refractivity contribution in [1.82, 2.24) is 4.90 Å². The van der Waals surface area contributed by atoms with Crippen LogP contribution < -0.4 is 5.32 Å². The predicted octanol–water partition coefficient (Wildman–Crippen LogP) is 1.94. The van der Waals surface area contributed by atoms with Crippen molar-refractivity contribution in [2.75, 3.05) is 25.0 Å². The molecule has 1 heterocycles. The predicted molar refractivity (Wildman–Crippen MR) is 81.5 cm³/mol. The van der Waals surface area contributed by atoms with Gasteiger partial charge in [0, 0.05) is 24.3 Å². The summed E-state index contributed by atoms with van der Waals surface area (Å²) < 4.78 is 5.62. The minimum Gasteiger partial charge on any atom is -0.376 e. The summed E-state index contributed by atoms with van der Waals surface area (Å²) in [5.41, 5.74) is 1.42. The maximum Gasteiger partial charge on any atom is 0.242 e. The van der Waals surface area contributed by atoms with Gasteiger partial charge in [0.2, 0.25) is 5.91 Å². The van der Waals surface area contributed by atoms with Gasteiger partial charge in [-0.05, 0) is 32.9 Å². The minimum atomic E-state index is 0.0146. The summed E-state index contributed by atoms with van der Waals surface area (Å²) in [6.45, 7) is 6.94. The fourth-order valence-electron chi connectivity index (χ4n) is 2.52. The Hall–Kier alpha value is -1.88. The number of morpholine rings is 1. The highest BCUT2D eigenvalue weighted by molar-refractivity contribution is 5.95. The fourth-order valence-corrected chi connectivity index (χ4v) is 2.52. The highest BCUT2D eigenvalue weighted by atomic mass is 16.5.